The van der Waals surface area contributed by atoms with Gasteiger partial charge in [0.1, 0.15) is 0 Å². The highest BCUT2D eigenvalue weighted by molar-refractivity contribution is 9.10. The number of nitrogens with two attached hydrogens (primary N) is 1. The summed E-state index contributed by atoms with van der Waals surface area (Å²) in [5.74, 6) is -0.152. The first-order valence-electron chi connectivity index (χ1n) is 5.38. The topological polar surface area (TPSA) is 96.2 Å². The lowest BCUT2D eigenvalue weighted by atomic mass is 10.3. The van der Waals surface area contributed by atoms with E-state index in [1.165, 1.54) is 0 Å². The van der Waals surface area contributed by atoms with Gasteiger partial charge in [-0.15, -0.1) is 0 Å². The zero-order valence-corrected chi connectivity index (χ0v) is 11.3. The van der Waals surface area contributed by atoms with E-state index in [0.717, 1.165) is 10.2 Å². The number of hydrogen-bond acceptors (Lipinski definition) is 3. The Morgan fingerprint density at radius 1 is 1.22 bits per heavy atom. The molecule has 0 aliphatic heterocycles. The molecule has 0 aliphatic carbocycles. The van der Waals surface area contributed by atoms with Gasteiger partial charge < -0.3 is 21.7 Å². The van der Waals surface area contributed by atoms with E-state index < -0.39 is 6.03 Å². The molecule has 0 unspecified atom stereocenters. The molecule has 98 valence electrons. The largest absolute Gasteiger partial charge is 0.352 e. The molecule has 1 aromatic rings. The van der Waals surface area contributed by atoms with Gasteiger partial charge in [0.15, 0.2) is 0 Å². The quantitative estimate of drug-likeness (QED) is 0.580. The summed E-state index contributed by atoms with van der Waals surface area (Å²) in [6.07, 6.45) is 0. The Labute approximate surface area is 113 Å². The van der Waals surface area contributed by atoms with Crippen LogP contribution in [0.4, 0.5) is 10.5 Å². The fraction of sp³-hybridized carbons (Fsp3) is 0.273. The number of halogens is 1. The van der Waals surface area contributed by atoms with Gasteiger partial charge in [-0.25, -0.2) is 4.79 Å². The first kappa shape index (κ1) is 14.5. The number of hydrogen-bond donors (Lipinski definition) is 4. The van der Waals surface area contributed by atoms with Crippen LogP contribution in [0.1, 0.15) is 0 Å². The SMILES string of the molecule is NC(=O)NCCNCC(=O)Nc1ccccc1Br. The lowest BCUT2D eigenvalue weighted by molar-refractivity contribution is -0.115. The number of primary amides is 1. The number of para-hydroxylation sites is 1. The standard InChI is InChI=1S/C11H15BrN4O2/c12-8-3-1-2-4-9(8)16-10(17)7-14-5-6-15-11(13)18/h1-4,14H,5-7H2,(H,16,17)(H3,13,15,18). The normalized spacial score (nSPS) is 9.83. The molecular weight excluding hydrogens is 300 g/mol. The van der Waals surface area contributed by atoms with Gasteiger partial charge in [0, 0.05) is 17.6 Å². The van der Waals surface area contributed by atoms with E-state index in [1.807, 2.05) is 18.2 Å². The lowest BCUT2D eigenvalue weighted by Gasteiger charge is -2.08. The molecule has 1 rings (SSSR count). The van der Waals surface area contributed by atoms with Crippen LogP contribution < -0.4 is 21.7 Å². The third-order valence-electron chi connectivity index (χ3n) is 2.03. The predicted molar refractivity (Wildman–Crippen MR) is 73.2 cm³/mol. The average Bonchev–Trinajstić information content (AvgIpc) is 2.31. The second-order valence-electron chi connectivity index (χ2n) is 3.50. The van der Waals surface area contributed by atoms with Crippen LogP contribution in [-0.2, 0) is 4.79 Å². The van der Waals surface area contributed by atoms with E-state index in [4.69, 9.17) is 5.73 Å². The maximum atomic E-state index is 11.6. The number of carbonyl (C=O) groups is 2. The second kappa shape index (κ2) is 7.67. The molecule has 0 heterocycles. The minimum Gasteiger partial charge on any atom is -0.352 e. The van der Waals surface area contributed by atoms with Crippen molar-refractivity contribution in [3.8, 4) is 0 Å². The molecule has 0 radical (unpaired) electrons. The van der Waals surface area contributed by atoms with Gasteiger partial charge in [-0.2, -0.15) is 0 Å². The maximum Gasteiger partial charge on any atom is 0.312 e. The highest BCUT2D eigenvalue weighted by atomic mass is 79.9. The number of urea groups is 1. The van der Waals surface area contributed by atoms with Crippen LogP contribution in [-0.4, -0.2) is 31.6 Å². The number of carbonyl (C=O) groups excluding carboxylic acids is 2. The second-order valence-corrected chi connectivity index (χ2v) is 4.35. The van der Waals surface area contributed by atoms with Crippen molar-refractivity contribution in [1.82, 2.24) is 10.6 Å². The maximum absolute atomic E-state index is 11.6. The zero-order chi connectivity index (χ0) is 13.4. The molecule has 5 N–H and O–H groups in total. The van der Waals surface area contributed by atoms with Crippen molar-refractivity contribution in [2.45, 2.75) is 0 Å². The summed E-state index contributed by atoms with van der Waals surface area (Å²) in [7, 11) is 0. The van der Waals surface area contributed by atoms with Crippen molar-refractivity contribution in [3.05, 3.63) is 28.7 Å². The average molecular weight is 315 g/mol. The van der Waals surface area contributed by atoms with Crippen LogP contribution in [0, 0.1) is 0 Å². The Morgan fingerprint density at radius 2 is 1.94 bits per heavy atom. The molecule has 0 saturated carbocycles. The minimum absolute atomic E-state index is 0.152. The fourth-order valence-electron chi connectivity index (χ4n) is 1.23. The number of benzene rings is 1. The first-order valence-corrected chi connectivity index (χ1v) is 6.17. The highest BCUT2D eigenvalue weighted by Crippen LogP contribution is 2.20. The van der Waals surface area contributed by atoms with Crippen molar-refractivity contribution in [2.75, 3.05) is 25.0 Å². The molecule has 1 aromatic carbocycles. The van der Waals surface area contributed by atoms with Crippen LogP contribution in [0.3, 0.4) is 0 Å². The van der Waals surface area contributed by atoms with E-state index in [-0.39, 0.29) is 12.5 Å². The van der Waals surface area contributed by atoms with Crippen molar-refractivity contribution < 1.29 is 9.59 Å². The molecule has 0 aromatic heterocycles. The summed E-state index contributed by atoms with van der Waals surface area (Å²) in [6, 6.07) is 6.78. The van der Waals surface area contributed by atoms with Gasteiger partial charge in [-0.3, -0.25) is 4.79 Å². The van der Waals surface area contributed by atoms with Crippen LogP contribution in [0.2, 0.25) is 0 Å². The van der Waals surface area contributed by atoms with Crippen molar-refractivity contribution in [2.24, 2.45) is 5.73 Å². The predicted octanol–water partition coefficient (Wildman–Crippen LogP) is 0.646. The third kappa shape index (κ3) is 5.65. The Morgan fingerprint density at radius 3 is 2.61 bits per heavy atom. The molecule has 0 spiro atoms. The van der Waals surface area contributed by atoms with Gasteiger partial charge >= 0.3 is 6.03 Å². The molecule has 0 saturated heterocycles. The molecule has 7 heteroatoms. The minimum atomic E-state index is -0.575. The van der Waals surface area contributed by atoms with Crippen LogP contribution in [0.5, 0.6) is 0 Å². The first-order chi connectivity index (χ1) is 8.59. The summed E-state index contributed by atoms with van der Waals surface area (Å²) in [6.45, 7) is 1.03. The van der Waals surface area contributed by atoms with Crippen molar-refractivity contribution in [3.63, 3.8) is 0 Å². The van der Waals surface area contributed by atoms with Gasteiger partial charge in [-0.1, -0.05) is 12.1 Å². The molecule has 6 nitrogen and oxygen atoms in total. The van der Waals surface area contributed by atoms with E-state index in [2.05, 4.69) is 31.9 Å². The van der Waals surface area contributed by atoms with E-state index in [1.54, 1.807) is 6.07 Å². The number of rotatable bonds is 6. The highest BCUT2D eigenvalue weighted by Gasteiger charge is 2.04. The van der Waals surface area contributed by atoms with Gasteiger partial charge in [0.25, 0.3) is 0 Å². The Kier molecular flexibility index (Phi) is 6.16. The summed E-state index contributed by atoms with van der Waals surface area (Å²) in [4.78, 5) is 21.9. The van der Waals surface area contributed by atoms with E-state index in [9.17, 15) is 9.59 Å². The molecular formula is C11H15BrN4O2. The number of amides is 3. The Hall–Kier alpha value is -1.60. The fourth-order valence-corrected chi connectivity index (χ4v) is 1.62. The number of anilines is 1. The van der Waals surface area contributed by atoms with Gasteiger partial charge in [0.2, 0.25) is 5.91 Å². The summed E-state index contributed by atoms with van der Waals surface area (Å²) >= 11 is 3.34. The third-order valence-corrected chi connectivity index (χ3v) is 2.73. The van der Waals surface area contributed by atoms with Crippen LogP contribution >= 0.6 is 15.9 Å². The zero-order valence-electron chi connectivity index (χ0n) is 9.70. The Balaban J connectivity index is 2.22. The molecule has 0 bridgehead atoms. The van der Waals surface area contributed by atoms with Gasteiger partial charge in [-0.05, 0) is 28.1 Å². The van der Waals surface area contributed by atoms with E-state index >= 15 is 0 Å². The summed E-state index contributed by atoms with van der Waals surface area (Å²) in [5.41, 5.74) is 5.61. The molecule has 0 aliphatic rings. The van der Waals surface area contributed by atoms with Gasteiger partial charge in [0.05, 0.1) is 12.2 Å². The molecule has 0 fully saturated rings. The summed E-state index contributed by atoms with van der Waals surface area (Å²) in [5, 5.41) is 8.05. The monoisotopic (exact) mass is 314 g/mol. The van der Waals surface area contributed by atoms with Crippen LogP contribution in [0.15, 0.2) is 28.7 Å². The molecule has 0 atom stereocenters. The Bertz CT molecular complexity index is 425. The smallest absolute Gasteiger partial charge is 0.312 e. The molecule has 3 amide bonds. The lowest BCUT2D eigenvalue weighted by Crippen LogP contribution is -2.37. The number of nitrogens with one attached hydrogen (secondary N) is 3. The van der Waals surface area contributed by atoms with Crippen molar-refractivity contribution in [1.29, 1.82) is 0 Å². The van der Waals surface area contributed by atoms with E-state index in [0.29, 0.717) is 13.1 Å². The van der Waals surface area contributed by atoms with Crippen LogP contribution in [0.25, 0.3) is 0 Å². The molecule has 18 heavy (non-hydrogen) atoms. The summed E-state index contributed by atoms with van der Waals surface area (Å²) < 4.78 is 0.828. The van der Waals surface area contributed by atoms with Crippen molar-refractivity contribution >= 4 is 33.6 Å².